The van der Waals surface area contributed by atoms with Gasteiger partial charge in [-0.15, -0.1) is 0 Å². The van der Waals surface area contributed by atoms with Crippen LogP contribution in [0.25, 0.3) is 22.0 Å². The highest BCUT2D eigenvalue weighted by molar-refractivity contribution is 5.95. The summed E-state index contributed by atoms with van der Waals surface area (Å²) in [6.07, 6.45) is 5.59. The second kappa shape index (κ2) is 8.55. The molecule has 2 N–H and O–H groups in total. The van der Waals surface area contributed by atoms with Crippen molar-refractivity contribution in [1.82, 2.24) is 20.3 Å². The van der Waals surface area contributed by atoms with E-state index < -0.39 is 0 Å². The third-order valence-electron chi connectivity index (χ3n) is 6.22. The van der Waals surface area contributed by atoms with E-state index >= 15 is 0 Å². The molecule has 1 radical (unpaired) electrons. The Balaban J connectivity index is 1.65. The molecule has 6 nitrogen and oxygen atoms in total. The number of hydrogen-bond donors (Lipinski definition) is 2. The molecule has 0 saturated carbocycles. The van der Waals surface area contributed by atoms with E-state index in [-0.39, 0.29) is 5.56 Å². The van der Waals surface area contributed by atoms with Crippen molar-refractivity contribution < 1.29 is 0 Å². The maximum absolute atomic E-state index is 12.8. The Morgan fingerprint density at radius 3 is 2.69 bits per heavy atom. The first-order chi connectivity index (χ1) is 15.6. The van der Waals surface area contributed by atoms with Gasteiger partial charge in [0.2, 0.25) is 0 Å². The number of pyridine rings is 3. The quantitative estimate of drug-likeness (QED) is 0.492. The van der Waals surface area contributed by atoms with Crippen molar-refractivity contribution in [2.75, 3.05) is 18.4 Å². The molecule has 1 aliphatic heterocycles. The zero-order valence-corrected chi connectivity index (χ0v) is 18.4. The lowest BCUT2D eigenvalue weighted by Gasteiger charge is -2.26. The zero-order valence-electron chi connectivity index (χ0n) is 18.4. The van der Waals surface area contributed by atoms with Crippen molar-refractivity contribution in [3.63, 3.8) is 0 Å². The summed E-state index contributed by atoms with van der Waals surface area (Å²) in [5.41, 5.74) is 6.05. The highest BCUT2D eigenvalue weighted by Gasteiger charge is 2.22. The third kappa shape index (κ3) is 3.89. The molecular weight excluding hydrogens is 398 g/mol. The Bertz CT molecular complexity index is 1320. The Labute approximate surface area is 187 Å². The Morgan fingerprint density at radius 1 is 1.06 bits per heavy atom. The number of anilines is 2. The molecule has 1 aliphatic rings. The van der Waals surface area contributed by atoms with E-state index in [1.165, 1.54) is 11.1 Å². The topological polar surface area (TPSA) is 84.8 Å². The minimum Gasteiger partial charge on any atom is -0.339 e. The van der Waals surface area contributed by atoms with Crippen LogP contribution in [0.2, 0.25) is 0 Å². The fourth-order valence-corrected chi connectivity index (χ4v) is 4.57. The molecule has 0 bridgehead atoms. The van der Waals surface area contributed by atoms with Gasteiger partial charge in [0.15, 0.2) is 0 Å². The molecule has 4 heterocycles. The van der Waals surface area contributed by atoms with Crippen LogP contribution in [0.5, 0.6) is 0 Å². The number of nitrogens with one attached hydrogen (secondary N) is 2. The fraction of sp³-hybridized carbons (Fsp3) is 0.269. The van der Waals surface area contributed by atoms with Crippen molar-refractivity contribution in [3.8, 4) is 11.3 Å². The lowest BCUT2D eigenvalue weighted by Crippen LogP contribution is -2.22. The normalized spacial score (nSPS) is 14.6. The van der Waals surface area contributed by atoms with Crippen LogP contribution < -0.4 is 16.2 Å². The Kier molecular flexibility index (Phi) is 5.45. The monoisotopic (exact) mass is 424 g/mol. The molecule has 0 amide bonds. The molecule has 1 aromatic carbocycles. The predicted octanol–water partition coefficient (Wildman–Crippen LogP) is 4.83. The van der Waals surface area contributed by atoms with Gasteiger partial charge in [0, 0.05) is 42.4 Å². The Morgan fingerprint density at radius 2 is 1.91 bits per heavy atom. The van der Waals surface area contributed by atoms with Crippen molar-refractivity contribution in [1.29, 1.82) is 0 Å². The largest absolute Gasteiger partial charge is 0.339 e. The van der Waals surface area contributed by atoms with Gasteiger partial charge in [-0.25, -0.2) is 10.3 Å². The number of nitrogens with zero attached hydrogens (tertiary/aromatic N) is 3. The highest BCUT2D eigenvalue weighted by Crippen LogP contribution is 2.36. The summed E-state index contributed by atoms with van der Waals surface area (Å²) >= 11 is 0. The number of fused-ring (bicyclic) bond motifs is 1. The van der Waals surface area contributed by atoms with Crippen molar-refractivity contribution >= 4 is 22.3 Å². The van der Waals surface area contributed by atoms with Gasteiger partial charge >= 0.3 is 0 Å². The summed E-state index contributed by atoms with van der Waals surface area (Å²) < 4.78 is 0. The van der Waals surface area contributed by atoms with Crippen molar-refractivity contribution in [2.24, 2.45) is 0 Å². The first kappa shape index (κ1) is 20.4. The molecule has 32 heavy (non-hydrogen) atoms. The number of aryl methyl sites for hydroxylation is 2. The van der Waals surface area contributed by atoms with Gasteiger partial charge in [-0.05, 0) is 79.5 Å². The first-order valence-electron chi connectivity index (χ1n) is 11.1. The summed E-state index contributed by atoms with van der Waals surface area (Å²) in [4.78, 5) is 24.9. The Hall–Kier alpha value is -3.51. The third-order valence-corrected chi connectivity index (χ3v) is 6.22. The number of benzene rings is 1. The summed E-state index contributed by atoms with van der Waals surface area (Å²) in [7, 11) is 0. The van der Waals surface area contributed by atoms with E-state index in [1.807, 2.05) is 37.4 Å². The maximum atomic E-state index is 12.8. The first-order valence-corrected chi connectivity index (χ1v) is 11.1. The van der Waals surface area contributed by atoms with Gasteiger partial charge in [-0.2, -0.15) is 0 Å². The second-order valence-corrected chi connectivity index (χ2v) is 8.42. The average molecular weight is 425 g/mol. The predicted molar refractivity (Wildman–Crippen MR) is 129 cm³/mol. The molecular formula is C26H26N5O. The van der Waals surface area contributed by atoms with Crippen molar-refractivity contribution in [3.05, 3.63) is 82.0 Å². The van der Waals surface area contributed by atoms with Gasteiger partial charge in [0.25, 0.3) is 5.56 Å². The van der Waals surface area contributed by atoms with Crippen LogP contribution in [0, 0.1) is 13.8 Å². The maximum Gasteiger partial charge on any atom is 0.259 e. The van der Waals surface area contributed by atoms with E-state index in [2.05, 4.69) is 45.7 Å². The van der Waals surface area contributed by atoms with E-state index in [0.29, 0.717) is 17.1 Å². The SMILES string of the molecule is Cc1ccc(-c2cc3cc[nH]c(=O)c3c(Nc3cccc(C)c3C3CC[N]CC3)n2)cn1. The van der Waals surface area contributed by atoms with Crippen LogP contribution in [-0.4, -0.2) is 28.0 Å². The van der Waals surface area contributed by atoms with Gasteiger partial charge in [-0.3, -0.25) is 9.78 Å². The number of hydrogen-bond acceptors (Lipinski definition) is 4. The van der Waals surface area contributed by atoms with E-state index in [0.717, 1.165) is 54.0 Å². The van der Waals surface area contributed by atoms with E-state index in [1.54, 1.807) is 6.20 Å². The lowest BCUT2D eigenvalue weighted by atomic mass is 9.86. The van der Waals surface area contributed by atoms with Gasteiger partial charge in [0.05, 0.1) is 11.1 Å². The fourth-order valence-electron chi connectivity index (χ4n) is 4.57. The van der Waals surface area contributed by atoms with Crippen LogP contribution in [0.15, 0.2) is 59.7 Å². The van der Waals surface area contributed by atoms with Gasteiger partial charge in [-0.1, -0.05) is 12.1 Å². The molecule has 0 unspecified atom stereocenters. The number of H-pyrrole nitrogens is 1. The second-order valence-electron chi connectivity index (χ2n) is 8.42. The van der Waals surface area contributed by atoms with E-state index in [4.69, 9.17) is 4.98 Å². The van der Waals surface area contributed by atoms with Gasteiger partial charge in [0.1, 0.15) is 5.82 Å². The molecule has 0 aliphatic carbocycles. The van der Waals surface area contributed by atoms with E-state index in [9.17, 15) is 4.79 Å². The lowest BCUT2D eigenvalue weighted by molar-refractivity contribution is 0.453. The summed E-state index contributed by atoms with van der Waals surface area (Å²) in [6, 6.07) is 14.1. The standard InChI is InChI=1S/C26H26N5O/c1-16-4-3-5-21(23(16)18-8-11-27-12-9-18)30-25-24-19(10-13-28-26(24)32)14-22(31-25)20-7-6-17(2)29-15-20/h3-7,10,13-15,18H,8-9,11-12H2,1-2H3,(H,28,32)(H,30,31). The number of aromatic amines is 1. The van der Waals surface area contributed by atoms with Crippen LogP contribution in [0.3, 0.4) is 0 Å². The molecule has 4 aromatic rings. The van der Waals surface area contributed by atoms with Crippen LogP contribution in [-0.2, 0) is 0 Å². The average Bonchev–Trinajstić information content (AvgIpc) is 2.80. The number of aromatic nitrogens is 3. The molecule has 0 atom stereocenters. The molecule has 161 valence electrons. The summed E-state index contributed by atoms with van der Waals surface area (Å²) in [5.74, 6) is 1.01. The summed E-state index contributed by atoms with van der Waals surface area (Å²) in [5, 5.41) is 9.45. The highest BCUT2D eigenvalue weighted by atomic mass is 16.1. The molecule has 1 saturated heterocycles. The minimum absolute atomic E-state index is 0.156. The van der Waals surface area contributed by atoms with Crippen LogP contribution in [0.4, 0.5) is 11.5 Å². The van der Waals surface area contributed by atoms with Crippen LogP contribution in [0.1, 0.15) is 35.6 Å². The smallest absolute Gasteiger partial charge is 0.259 e. The molecule has 1 fully saturated rings. The number of rotatable bonds is 4. The van der Waals surface area contributed by atoms with Crippen molar-refractivity contribution in [2.45, 2.75) is 32.6 Å². The zero-order chi connectivity index (χ0) is 22.1. The molecule has 5 rings (SSSR count). The molecule has 0 spiro atoms. The molecule has 3 aromatic heterocycles. The number of piperidine rings is 1. The summed E-state index contributed by atoms with van der Waals surface area (Å²) in [6.45, 7) is 5.91. The van der Waals surface area contributed by atoms with Gasteiger partial charge < -0.3 is 10.3 Å². The minimum atomic E-state index is -0.156. The molecule has 6 heteroatoms. The van der Waals surface area contributed by atoms with Crippen LogP contribution >= 0.6 is 0 Å².